The molecule has 0 saturated carbocycles. The van der Waals surface area contributed by atoms with E-state index in [0.29, 0.717) is 37.7 Å². The van der Waals surface area contributed by atoms with Crippen LogP contribution in [-0.2, 0) is 14.3 Å². The van der Waals surface area contributed by atoms with Crippen molar-refractivity contribution in [3.8, 4) is 5.75 Å². The number of benzene rings is 2. The van der Waals surface area contributed by atoms with Crippen LogP contribution in [0.3, 0.4) is 0 Å². The van der Waals surface area contributed by atoms with Gasteiger partial charge in [0.05, 0.1) is 25.4 Å². The van der Waals surface area contributed by atoms with Gasteiger partial charge in [-0.3, -0.25) is 9.59 Å². The molecule has 144 valence electrons. The van der Waals surface area contributed by atoms with E-state index in [0.717, 1.165) is 5.56 Å². The van der Waals surface area contributed by atoms with Gasteiger partial charge in [0, 0.05) is 19.2 Å². The summed E-state index contributed by atoms with van der Waals surface area (Å²) in [5.41, 5.74) is 1.62. The minimum atomic E-state index is -0.720. The van der Waals surface area contributed by atoms with Gasteiger partial charge in [0.1, 0.15) is 5.75 Å². The van der Waals surface area contributed by atoms with Gasteiger partial charge in [-0.05, 0) is 23.8 Å². The number of amides is 2. The quantitative estimate of drug-likeness (QED) is 0.770. The molecule has 1 atom stereocenters. The Morgan fingerprint density at radius 1 is 0.964 bits per heavy atom. The van der Waals surface area contributed by atoms with Crippen LogP contribution in [0.1, 0.15) is 5.56 Å². The van der Waals surface area contributed by atoms with Crippen LogP contribution in [0, 0.1) is 0 Å². The first-order valence-corrected chi connectivity index (χ1v) is 9.39. The number of morpholine rings is 1. The predicted octanol–water partition coefficient (Wildman–Crippen LogP) is 2.35. The molecule has 2 aromatic carbocycles. The van der Waals surface area contributed by atoms with Gasteiger partial charge >= 0.3 is 0 Å². The Labute approximate surface area is 164 Å². The van der Waals surface area contributed by atoms with Gasteiger partial charge in [-0.25, -0.2) is 0 Å². The summed E-state index contributed by atoms with van der Waals surface area (Å²) < 4.78 is 11.3. The number of anilines is 1. The summed E-state index contributed by atoms with van der Waals surface area (Å²) in [5, 5.41) is 0. The Balaban J connectivity index is 1.56. The SMILES string of the molecule is O=C(C1CN(C(=O)/C=C/c2ccccc2)c2ccccc2O1)N1CCOCC1. The predicted molar refractivity (Wildman–Crippen MR) is 106 cm³/mol. The second-order valence-electron chi connectivity index (χ2n) is 6.70. The molecule has 28 heavy (non-hydrogen) atoms. The van der Waals surface area contributed by atoms with E-state index in [1.807, 2.05) is 48.5 Å². The number of nitrogens with zero attached hydrogens (tertiary/aromatic N) is 2. The molecule has 2 aromatic rings. The smallest absolute Gasteiger partial charge is 0.265 e. The topological polar surface area (TPSA) is 59.1 Å². The molecule has 2 heterocycles. The molecule has 0 bridgehead atoms. The highest BCUT2D eigenvalue weighted by molar-refractivity contribution is 6.05. The maximum atomic E-state index is 12.9. The largest absolute Gasteiger partial charge is 0.476 e. The Morgan fingerprint density at radius 3 is 2.46 bits per heavy atom. The lowest BCUT2D eigenvalue weighted by Gasteiger charge is -2.37. The summed E-state index contributed by atoms with van der Waals surface area (Å²) in [4.78, 5) is 29.2. The lowest BCUT2D eigenvalue weighted by Crippen LogP contribution is -2.53. The molecule has 1 fully saturated rings. The van der Waals surface area contributed by atoms with Crippen molar-refractivity contribution in [2.24, 2.45) is 0 Å². The van der Waals surface area contributed by atoms with Crippen LogP contribution in [0.5, 0.6) is 5.75 Å². The van der Waals surface area contributed by atoms with E-state index < -0.39 is 6.10 Å². The first kappa shape index (κ1) is 18.3. The average molecular weight is 378 g/mol. The zero-order valence-electron chi connectivity index (χ0n) is 15.5. The fraction of sp³-hybridized carbons (Fsp3) is 0.273. The highest BCUT2D eigenvalue weighted by Gasteiger charge is 2.35. The van der Waals surface area contributed by atoms with E-state index >= 15 is 0 Å². The van der Waals surface area contributed by atoms with Gasteiger partial charge < -0.3 is 19.3 Å². The van der Waals surface area contributed by atoms with Gasteiger partial charge in [-0.2, -0.15) is 0 Å². The number of carbonyl (C=O) groups is 2. The number of para-hydroxylation sites is 2. The molecule has 0 N–H and O–H groups in total. The molecule has 1 saturated heterocycles. The van der Waals surface area contributed by atoms with Crippen LogP contribution >= 0.6 is 0 Å². The molecule has 0 radical (unpaired) electrons. The van der Waals surface area contributed by atoms with Gasteiger partial charge in [0.15, 0.2) is 6.10 Å². The van der Waals surface area contributed by atoms with Crippen LogP contribution in [-0.4, -0.2) is 55.7 Å². The third kappa shape index (κ3) is 3.92. The van der Waals surface area contributed by atoms with Crippen molar-refractivity contribution in [2.45, 2.75) is 6.10 Å². The van der Waals surface area contributed by atoms with E-state index in [2.05, 4.69) is 0 Å². The molecule has 2 aliphatic heterocycles. The fourth-order valence-corrected chi connectivity index (χ4v) is 3.38. The van der Waals surface area contributed by atoms with Gasteiger partial charge in [-0.15, -0.1) is 0 Å². The Kier molecular flexibility index (Phi) is 5.39. The Bertz CT molecular complexity index is 875. The minimum absolute atomic E-state index is 0.109. The van der Waals surface area contributed by atoms with Crippen molar-refractivity contribution in [1.29, 1.82) is 0 Å². The minimum Gasteiger partial charge on any atom is -0.476 e. The van der Waals surface area contributed by atoms with Crippen molar-refractivity contribution in [1.82, 2.24) is 4.90 Å². The summed E-state index contributed by atoms with van der Waals surface area (Å²) in [6, 6.07) is 16.9. The fourth-order valence-electron chi connectivity index (χ4n) is 3.38. The molecule has 0 aromatic heterocycles. The number of hydrogen-bond donors (Lipinski definition) is 0. The number of carbonyl (C=O) groups excluding carboxylic acids is 2. The van der Waals surface area contributed by atoms with Crippen molar-refractivity contribution in [2.75, 3.05) is 37.7 Å². The van der Waals surface area contributed by atoms with Crippen LogP contribution in [0.15, 0.2) is 60.7 Å². The number of ether oxygens (including phenoxy) is 2. The van der Waals surface area contributed by atoms with Gasteiger partial charge in [-0.1, -0.05) is 42.5 Å². The molecular weight excluding hydrogens is 356 g/mol. The first-order chi connectivity index (χ1) is 13.7. The van der Waals surface area contributed by atoms with E-state index in [4.69, 9.17) is 9.47 Å². The van der Waals surface area contributed by atoms with Crippen LogP contribution in [0.2, 0.25) is 0 Å². The molecule has 0 spiro atoms. The summed E-state index contributed by atoms with van der Waals surface area (Å²) in [6.07, 6.45) is 2.59. The van der Waals surface area contributed by atoms with Crippen molar-refractivity contribution >= 4 is 23.6 Å². The van der Waals surface area contributed by atoms with Crippen molar-refractivity contribution < 1.29 is 19.1 Å². The molecule has 4 rings (SSSR count). The van der Waals surface area contributed by atoms with E-state index in [1.165, 1.54) is 6.08 Å². The third-order valence-corrected chi connectivity index (χ3v) is 4.86. The van der Waals surface area contributed by atoms with E-state index in [9.17, 15) is 9.59 Å². The third-order valence-electron chi connectivity index (χ3n) is 4.86. The molecule has 0 aliphatic carbocycles. The molecule has 6 nitrogen and oxygen atoms in total. The lowest BCUT2D eigenvalue weighted by molar-refractivity contribution is -0.142. The Morgan fingerprint density at radius 2 is 1.68 bits per heavy atom. The van der Waals surface area contributed by atoms with Crippen LogP contribution < -0.4 is 9.64 Å². The normalized spacial score (nSPS) is 19.2. The summed E-state index contributed by atoms with van der Waals surface area (Å²) >= 11 is 0. The zero-order valence-corrected chi connectivity index (χ0v) is 15.5. The maximum absolute atomic E-state index is 12.9. The average Bonchev–Trinajstić information content (AvgIpc) is 2.77. The standard InChI is InChI=1S/C22H22N2O4/c25-21(11-10-17-6-2-1-3-7-17)24-16-20(22(26)23-12-14-27-15-13-23)28-19-9-5-4-8-18(19)24/h1-11,20H,12-16H2/b11-10+. The second-order valence-corrected chi connectivity index (χ2v) is 6.70. The first-order valence-electron chi connectivity index (χ1n) is 9.39. The summed E-state index contributed by atoms with van der Waals surface area (Å²) in [5.74, 6) is 0.254. The van der Waals surface area contributed by atoms with Gasteiger partial charge in [0.25, 0.3) is 11.8 Å². The lowest BCUT2D eigenvalue weighted by atomic mass is 10.1. The summed E-state index contributed by atoms with van der Waals surface area (Å²) in [6.45, 7) is 2.32. The monoisotopic (exact) mass is 378 g/mol. The van der Waals surface area contributed by atoms with Gasteiger partial charge in [0.2, 0.25) is 0 Å². The molecule has 2 aliphatic rings. The van der Waals surface area contributed by atoms with Crippen molar-refractivity contribution in [3.05, 3.63) is 66.2 Å². The molecule has 2 amide bonds. The number of rotatable bonds is 3. The molecule has 1 unspecified atom stereocenters. The van der Waals surface area contributed by atoms with E-state index in [1.54, 1.807) is 21.9 Å². The second kappa shape index (κ2) is 8.27. The highest BCUT2D eigenvalue weighted by atomic mass is 16.5. The Hall–Kier alpha value is -3.12. The molecule has 6 heteroatoms. The highest BCUT2D eigenvalue weighted by Crippen LogP contribution is 2.33. The van der Waals surface area contributed by atoms with Crippen molar-refractivity contribution in [3.63, 3.8) is 0 Å². The van der Waals surface area contributed by atoms with Crippen LogP contribution in [0.25, 0.3) is 6.08 Å². The number of fused-ring (bicyclic) bond motifs is 1. The molecular formula is C22H22N2O4. The maximum Gasteiger partial charge on any atom is 0.265 e. The van der Waals surface area contributed by atoms with E-state index in [-0.39, 0.29) is 18.4 Å². The number of hydrogen-bond acceptors (Lipinski definition) is 4. The summed E-state index contributed by atoms with van der Waals surface area (Å²) in [7, 11) is 0. The zero-order chi connectivity index (χ0) is 19.3. The van der Waals surface area contributed by atoms with Crippen LogP contribution in [0.4, 0.5) is 5.69 Å².